The van der Waals surface area contributed by atoms with E-state index in [9.17, 15) is 9.59 Å². The normalized spacial score (nSPS) is 13.8. The molecule has 0 fully saturated rings. The Hall–Kier alpha value is -4.57. The van der Waals surface area contributed by atoms with Gasteiger partial charge in [0.05, 0.1) is 6.54 Å². The molecule has 0 atom stereocenters. The largest absolute Gasteiger partial charge is 0.293 e. The van der Waals surface area contributed by atoms with Crippen LogP contribution in [-0.2, 0) is 6.54 Å². The monoisotopic (exact) mass is 494 g/mol. The second-order valence-corrected chi connectivity index (χ2v) is 10.1. The second kappa shape index (κ2) is 8.77. The van der Waals surface area contributed by atoms with Gasteiger partial charge in [-0.2, -0.15) is 0 Å². The number of benzene rings is 6. The number of nitrogens with zero attached hydrogens (tertiary/aromatic N) is 2. The van der Waals surface area contributed by atoms with E-state index >= 15 is 0 Å². The molecule has 1 heterocycles. The number of amides is 2. The average Bonchev–Trinajstić information content (AvgIpc) is 2.96. The molecule has 0 unspecified atom stereocenters. The molecule has 7 rings (SSSR count). The van der Waals surface area contributed by atoms with Crippen molar-refractivity contribution in [3.8, 4) is 0 Å². The lowest BCUT2D eigenvalue weighted by Crippen LogP contribution is -2.39. The molecule has 38 heavy (non-hydrogen) atoms. The van der Waals surface area contributed by atoms with Crippen LogP contribution in [0.4, 0.5) is 0 Å². The second-order valence-electron chi connectivity index (χ2n) is 10.1. The van der Waals surface area contributed by atoms with Crippen molar-refractivity contribution in [2.24, 2.45) is 4.99 Å². The molecule has 6 aromatic carbocycles. The first-order valence-electron chi connectivity index (χ1n) is 13.2. The SMILES string of the molecule is CCCCN=Cc1ccc(CN2C(=O)c3ccc4c5cccc6cccc(c7ccc(c3c47)C2=O)c65)cc1. The summed E-state index contributed by atoms with van der Waals surface area (Å²) in [6.45, 7) is 3.21. The van der Waals surface area contributed by atoms with Crippen LogP contribution >= 0.6 is 0 Å². The van der Waals surface area contributed by atoms with Crippen molar-refractivity contribution in [3.05, 3.63) is 107 Å². The van der Waals surface area contributed by atoms with Gasteiger partial charge in [-0.1, -0.05) is 86.1 Å². The molecule has 2 amide bonds. The Bertz CT molecular complexity index is 1820. The third kappa shape index (κ3) is 3.33. The van der Waals surface area contributed by atoms with Crippen molar-refractivity contribution in [1.82, 2.24) is 4.90 Å². The summed E-state index contributed by atoms with van der Waals surface area (Å²) in [6, 6.07) is 28.5. The predicted octanol–water partition coefficient (Wildman–Crippen LogP) is 7.75. The molecule has 4 nitrogen and oxygen atoms in total. The Morgan fingerprint density at radius 3 is 1.89 bits per heavy atom. The van der Waals surface area contributed by atoms with Crippen molar-refractivity contribution in [3.63, 3.8) is 0 Å². The molecule has 0 aliphatic carbocycles. The molecule has 4 heteroatoms. The number of hydrogen-bond donors (Lipinski definition) is 0. The highest BCUT2D eigenvalue weighted by atomic mass is 16.2. The van der Waals surface area contributed by atoms with E-state index in [-0.39, 0.29) is 18.4 Å². The molecule has 1 aliphatic rings. The maximum absolute atomic E-state index is 13.7. The number of unbranched alkanes of at least 4 members (excludes halogenated alkanes) is 1. The first-order valence-corrected chi connectivity index (χ1v) is 13.2. The minimum absolute atomic E-state index is 0.234. The van der Waals surface area contributed by atoms with Crippen LogP contribution in [0.25, 0.3) is 43.1 Å². The Morgan fingerprint density at radius 2 is 1.29 bits per heavy atom. The lowest BCUT2D eigenvalue weighted by Gasteiger charge is -2.28. The van der Waals surface area contributed by atoms with E-state index in [4.69, 9.17) is 0 Å². The number of carbonyl (C=O) groups excluding carboxylic acids is 2. The van der Waals surface area contributed by atoms with Gasteiger partial charge in [0.2, 0.25) is 0 Å². The molecule has 0 aromatic heterocycles. The van der Waals surface area contributed by atoms with Crippen molar-refractivity contribution in [2.45, 2.75) is 26.3 Å². The van der Waals surface area contributed by atoms with E-state index < -0.39 is 0 Å². The molecular formula is C34H26N2O2. The van der Waals surface area contributed by atoms with Gasteiger partial charge in [0, 0.05) is 29.3 Å². The van der Waals surface area contributed by atoms with E-state index in [0.717, 1.165) is 62.8 Å². The zero-order valence-corrected chi connectivity index (χ0v) is 21.2. The van der Waals surface area contributed by atoms with Gasteiger partial charge in [0.1, 0.15) is 0 Å². The smallest absolute Gasteiger partial charge is 0.261 e. The molecule has 0 saturated carbocycles. The summed E-state index contributed by atoms with van der Waals surface area (Å²) in [5, 5.41) is 8.64. The molecule has 184 valence electrons. The number of imide groups is 1. The van der Waals surface area contributed by atoms with Crippen LogP contribution in [0.3, 0.4) is 0 Å². The molecule has 0 bridgehead atoms. The Labute approximate surface area is 220 Å². The van der Waals surface area contributed by atoms with Crippen LogP contribution in [0.1, 0.15) is 51.6 Å². The van der Waals surface area contributed by atoms with E-state index in [1.165, 1.54) is 15.7 Å². The summed E-state index contributed by atoms with van der Waals surface area (Å²) in [5.41, 5.74) is 3.10. The van der Waals surface area contributed by atoms with Crippen LogP contribution in [0.15, 0.2) is 89.9 Å². The lowest BCUT2D eigenvalue weighted by molar-refractivity contribution is 0.0598. The fourth-order valence-electron chi connectivity index (χ4n) is 5.93. The van der Waals surface area contributed by atoms with Gasteiger partial charge in [0.25, 0.3) is 11.8 Å². The molecule has 0 spiro atoms. The van der Waals surface area contributed by atoms with Crippen molar-refractivity contribution in [2.75, 3.05) is 6.54 Å². The topological polar surface area (TPSA) is 49.7 Å². The van der Waals surface area contributed by atoms with Crippen molar-refractivity contribution < 1.29 is 9.59 Å². The van der Waals surface area contributed by atoms with E-state index in [1.54, 1.807) is 0 Å². The third-order valence-corrected chi connectivity index (χ3v) is 7.80. The molecule has 0 saturated heterocycles. The average molecular weight is 495 g/mol. The highest BCUT2D eigenvalue weighted by Gasteiger charge is 2.34. The van der Waals surface area contributed by atoms with Crippen LogP contribution in [0.2, 0.25) is 0 Å². The van der Waals surface area contributed by atoms with Gasteiger partial charge in [-0.3, -0.25) is 19.5 Å². The van der Waals surface area contributed by atoms with Crippen molar-refractivity contribution in [1.29, 1.82) is 0 Å². The summed E-state index contributed by atoms with van der Waals surface area (Å²) in [4.78, 5) is 33.3. The molecule has 1 aliphatic heterocycles. The fraction of sp³-hybridized carbons (Fsp3) is 0.147. The fourth-order valence-corrected chi connectivity index (χ4v) is 5.93. The summed E-state index contributed by atoms with van der Waals surface area (Å²) >= 11 is 0. The highest BCUT2D eigenvalue weighted by Crippen LogP contribution is 2.43. The van der Waals surface area contributed by atoms with Gasteiger partial charge in [-0.15, -0.1) is 0 Å². The molecular weight excluding hydrogens is 468 g/mol. The van der Waals surface area contributed by atoms with Gasteiger partial charge in [-0.25, -0.2) is 0 Å². The van der Waals surface area contributed by atoms with Gasteiger partial charge < -0.3 is 0 Å². The first-order chi connectivity index (χ1) is 18.7. The standard InChI is InChI=1S/C34H26N2O2/c1-2-3-18-35-19-21-10-12-22(13-11-21)20-36-33(37)28-16-14-26-24-8-4-6-23-7-5-9-25(30(23)24)27-15-17-29(34(36)38)32(28)31(26)27/h4-17,19H,2-3,18,20H2,1H3. The lowest BCUT2D eigenvalue weighted by atomic mass is 9.85. The van der Waals surface area contributed by atoms with Crippen LogP contribution < -0.4 is 0 Å². The molecule has 0 N–H and O–H groups in total. The summed E-state index contributed by atoms with van der Waals surface area (Å²) < 4.78 is 0. The minimum Gasteiger partial charge on any atom is -0.293 e. The van der Waals surface area contributed by atoms with Crippen LogP contribution in [0.5, 0.6) is 0 Å². The maximum Gasteiger partial charge on any atom is 0.261 e. The zero-order valence-electron chi connectivity index (χ0n) is 21.2. The molecule has 6 aromatic rings. The summed E-state index contributed by atoms with van der Waals surface area (Å²) in [7, 11) is 0. The Kier molecular flexibility index (Phi) is 5.22. The summed E-state index contributed by atoms with van der Waals surface area (Å²) in [5.74, 6) is -0.484. The molecule has 0 radical (unpaired) electrons. The quantitative estimate of drug-likeness (QED) is 0.0781. The number of hydrogen-bond acceptors (Lipinski definition) is 3. The Morgan fingerprint density at radius 1 is 0.684 bits per heavy atom. The summed E-state index contributed by atoms with van der Waals surface area (Å²) in [6.07, 6.45) is 4.08. The van der Waals surface area contributed by atoms with Crippen molar-refractivity contribution >= 4 is 61.1 Å². The zero-order chi connectivity index (χ0) is 25.8. The van der Waals surface area contributed by atoms with Gasteiger partial charge >= 0.3 is 0 Å². The number of carbonyl (C=O) groups is 2. The number of fused-ring (bicyclic) bond motifs is 2. The number of rotatable bonds is 6. The van der Waals surface area contributed by atoms with Crippen LogP contribution in [-0.4, -0.2) is 29.5 Å². The van der Waals surface area contributed by atoms with Gasteiger partial charge in [0.15, 0.2) is 0 Å². The Balaban J connectivity index is 1.31. The van der Waals surface area contributed by atoms with E-state index in [1.807, 2.05) is 54.7 Å². The third-order valence-electron chi connectivity index (χ3n) is 7.80. The van der Waals surface area contributed by atoms with E-state index in [2.05, 4.69) is 48.3 Å². The van der Waals surface area contributed by atoms with Crippen LogP contribution in [0, 0.1) is 0 Å². The highest BCUT2D eigenvalue weighted by molar-refractivity contribution is 6.38. The van der Waals surface area contributed by atoms with Gasteiger partial charge in [-0.05, 0) is 67.4 Å². The van der Waals surface area contributed by atoms with E-state index in [0.29, 0.717) is 11.1 Å². The maximum atomic E-state index is 13.7. The predicted molar refractivity (Wildman–Crippen MR) is 156 cm³/mol. The minimum atomic E-state index is -0.242. The number of aliphatic imine (C=N–C) groups is 1. The first kappa shape index (κ1) is 22.6.